The van der Waals surface area contributed by atoms with Crippen LogP contribution < -0.4 is 0 Å². The van der Waals surface area contributed by atoms with Crippen LogP contribution in [0.2, 0.25) is 0 Å². The number of nitrogens with one attached hydrogen (secondary N) is 1. The zero-order chi connectivity index (χ0) is 14.9. The molecule has 0 atom stereocenters. The standard InChI is InChI=1S/C16H11N5O/c22-14-3-1-2-11(15(14)13-5-6-17-9-19-13)10-4-7-18-16-12(10)8-20-21-16/h1-9,22H,(H,18,20,21). The van der Waals surface area contributed by atoms with Gasteiger partial charge in [0.05, 0.1) is 11.9 Å². The third kappa shape index (κ3) is 1.89. The number of H-pyrrole nitrogens is 1. The van der Waals surface area contributed by atoms with Crippen molar-refractivity contribution < 1.29 is 5.11 Å². The normalized spacial score (nSPS) is 10.9. The minimum absolute atomic E-state index is 0.171. The van der Waals surface area contributed by atoms with E-state index in [2.05, 4.69) is 25.1 Å². The summed E-state index contributed by atoms with van der Waals surface area (Å²) in [6.45, 7) is 0. The van der Waals surface area contributed by atoms with Gasteiger partial charge in [0, 0.05) is 23.3 Å². The van der Waals surface area contributed by atoms with Crippen molar-refractivity contribution in [1.82, 2.24) is 25.1 Å². The van der Waals surface area contributed by atoms with Crippen molar-refractivity contribution in [3.63, 3.8) is 0 Å². The predicted octanol–water partition coefficient (Wildman–Crippen LogP) is 2.79. The Labute approximate surface area is 125 Å². The minimum Gasteiger partial charge on any atom is -0.507 e. The first-order valence-electron chi connectivity index (χ1n) is 6.71. The summed E-state index contributed by atoms with van der Waals surface area (Å²) < 4.78 is 0. The number of aromatic amines is 1. The van der Waals surface area contributed by atoms with Crippen LogP contribution in [0.5, 0.6) is 5.75 Å². The van der Waals surface area contributed by atoms with Gasteiger partial charge in [0.1, 0.15) is 12.1 Å². The number of hydrogen-bond acceptors (Lipinski definition) is 5. The van der Waals surface area contributed by atoms with E-state index in [0.717, 1.165) is 16.5 Å². The fourth-order valence-corrected chi connectivity index (χ4v) is 2.56. The first-order chi connectivity index (χ1) is 10.8. The van der Waals surface area contributed by atoms with E-state index in [1.807, 2.05) is 18.2 Å². The topological polar surface area (TPSA) is 87.6 Å². The van der Waals surface area contributed by atoms with Crippen LogP contribution in [-0.4, -0.2) is 30.3 Å². The number of benzene rings is 1. The third-order valence-electron chi connectivity index (χ3n) is 3.52. The summed E-state index contributed by atoms with van der Waals surface area (Å²) in [6, 6.07) is 9.07. The van der Waals surface area contributed by atoms with Gasteiger partial charge < -0.3 is 5.11 Å². The molecule has 0 spiro atoms. The average Bonchev–Trinajstić information content (AvgIpc) is 3.04. The SMILES string of the molecule is Oc1cccc(-c2ccnc3[nH]ncc23)c1-c1ccncn1. The summed E-state index contributed by atoms with van der Waals surface area (Å²) >= 11 is 0. The average molecular weight is 289 g/mol. The number of nitrogens with zero attached hydrogens (tertiary/aromatic N) is 4. The lowest BCUT2D eigenvalue weighted by molar-refractivity contribution is 0.477. The van der Waals surface area contributed by atoms with Gasteiger partial charge in [-0.05, 0) is 29.3 Å². The van der Waals surface area contributed by atoms with E-state index in [0.29, 0.717) is 16.9 Å². The Hall–Kier alpha value is -3.28. The Bertz CT molecular complexity index is 949. The van der Waals surface area contributed by atoms with Crippen molar-refractivity contribution in [3.8, 4) is 28.1 Å². The molecule has 0 fully saturated rings. The predicted molar refractivity (Wildman–Crippen MR) is 82.0 cm³/mol. The van der Waals surface area contributed by atoms with Crippen molar-refractivity contribution in [1.29, 1.82) is 0 Å². The van der Waals surface area contributed by atoms with Crippen molar-refractivity contribution >= 4 is 11.0 Å². The zero-order valence-corrected chi connectivity index (χ0v) is 11.4. The molecule has 3 aromatic heterocycles. The van der Waals surface area contributed by atoms with E-state index in [4.69, 9.17) is 0 Å². The second-order valence-electron chi connectivity index (χ2n) is 4.79. The van der Waals surface area contributed by atoms with Crippen LogP contribution in [0.25, 0.3) is 33.4 Å². The van der Waals surface area contributed by atoms with E-state index < -0.39 is 0 Å². The van der Waals surface area contributed by atoms with Crippen molar-refractivity contribution in [2.75, 3.05) is 0 Å². The molecule has 2 N–H and O–H groups in total. The van der Waals surface area contributed by atoms with E-state index >= 15 is 0 Å². The van der Waals surface area contributed by atoms with Crippen molar-refractivity contribution in [2.24, 2.45) is 0 Å². The molecule has 0 bridgehead atoms. The number of aromatic hydroxyl groups is 1. The van der Waals surface area contributed by atoms with E-state index in [9.17, 15) is 5.11 Å². The summed E-state index contributed by atoms with van der Waals surface area (Å²) in [5.74, 6) is 0.171. The Morgan fingerprint density at radius 1 is 0.955 bits per heavy atom. The number of rotatable bonds is 2. The first kappa shape index (κ1) is 12.5. The van der Waals surface area contributed by atoms with Crippen molar-refractivity contribution in [3.05, 3.63) is 55.2 Å². The summed E-state index contributed by atoms with van der Waals surface area (Å²) in [4.78, 5) is 12.4. The van der Waals surface area contributed by atoms with Gasteiger partial charge in [0.25, 0.3) is 0 Å². The Morgan fingerprint density at radius 2 is 1.91 bits per heavy atom. The van der Waals surface area contributed by atoms with Crippen LogP contribution in [0.4, 0.5) is 0 Å². The summed E-state index contributed by atoms with van der Waals surface area (Å²) in [6.07, 6.45) is 6.55. The van der Waals surface area contributed by atoms with Gasteiger partial charge in [-0.3, -0.25) is 5.10 Å². The van der Waals surface area contributed by atoms with Gasteiger partial charge in [0.15, 0.2) is 5.65 Å². The number of fused-ring (bicyclic) bond motifs is 1. The maximum Gasteiger partial charge on any atom is 0.155 e. The molecule has 0 amide bonds. The van der Waals surface area contributed by atoms with Crippen LogP contribution in [0, 0.1) is 0 Å². The molecule has 0 aliphatic heterocycles. The lowest BCUT2D eigenvalue weighted by Crippen LogP contribution is -1.90. The minimum atomic E-state index is 0.171. The lowest BCUT2D eigenvalue weighted by atomic mass is 9.95. The first-order valence-corrected chi connectivity index (χ1v) is 6.71. The highest BCUT2D eigenvalue weighted by atomic mass is 16.3. The summed E-state index contributed by atoms with van der Waals surface area (Å²) in [7, 11) is 0. The molecule has 4 rings (SSSR count). The molecule has 4 aromatic rings. The molecule has 0 radical (unpaired) electrons. The number of pyridine rings is 1. The van der Waals surface area contributed by atoms with Gasteiger partial charge >= 0.3 is 0 Å². The molecule has 0 unspecified atom stereocenters. The van der Waals surface area contributed by atoms with Crippen LogP contribution in [-0.2, 0) is 0 Å². The molecule has 0 aliphatic rings. The van der Waals surface area contributed by atoms with Gasteiger partial charge in [-0.15, -0.1) is 0 Å². The largest absolute Gasteiger partial charge is 0.507 e. The fraction of sp³-hybridized carbons (Fsp3) is 0. The summed E-state index contributed by atoms with van der Waals surface area (Å²) in [5, 5.41) is 18.1. The number of phenols is 1. The molecule has 106 valence electrons. The van der Waals surface area contributed by atoms with Gasteiger partial charge in [0.2, 0.25) is 0 Å². The zero-order valence-electron chi connectivity index (χ0n) is 11.4. The number of hydrogen-bond donors (Lipinski definition) is 2. The maximum absolute atomic E-state index is 10.3. The molecule has 6 heteroatoms. The Balaban J connectivity index is 2.04. The van der Waals surface area contributed by atoms with Gasteiger partial charge in [-0.2, -0.15) is 5.10 Å². The highest BCUT2D eigenvalue weighted by Crippen LogP contribution is 2.39. The Morgan fingerprint density at radius 3 is 2.77 bits per heavy atom. The molecule has 0 saturated heterocycles. The lowest BCUT2D eigenvalue weighted by Gasteiger charge is -2.11. The van der Waals surface area contributed by atoms with E-state index in [1.54, 1.807) is 30.7 Å². The van der Waals surface area contributed by atoms with Crippen LogP contribution in [0.15, 0.2) is 55.2 Å². The van der Waals surface area contributed by atoms with Gasteiger partial charge in [-0.1, -0.05) is 12.1 Å². The molecule has 0 aliphatic carbocycles. The maximum atomic E-state index is 10.3. The van der Waals surface area contributed by atoms with Crippen LogP contribution >= 0.6 is 0 Å². The molecular formula is C16H11N5O. The van der Waals surface area contributed by atoms with E-state index in [1.165, 1.54) is 6.33 Å². The molecule has 22 heavy (non-hydrogen) atoms. The van der Waals surface area contributed by atoms with Crippen molar-refractivity contribution in [2.45, 2.75) is 0 Å². The molecule has 6 nitrogen and oxygen atoms in total. The molecular weight excluding hydrogens is 278 g/mol. The fourth-order valence-electron chi connectivity index (χ4n) is 2.56. The second kappa shape index (κ2) is 4.92. The monoisotopic (exact) mass is 289 g/mol. The molecule has 3 heterocycles. The highest BCUT2D eigenvalue weighted by Gasteiger charge is 2.15. The number of phenolic OH excluding ortho intramolecular Hbond substituents is 1. The van der Waals surface area contributed by atoms with E-state index in [-0.39, 0.29) is 5.75 Å². The van der Waals surface area contributed by atoms with Gasteiger partial charge in [-0.25, -0.2) is 15.0 Å². The smallest absolute Gasteiger partial charge is 0.155 e. The Kier molecular flexibility index (Phi) is 2.79. The third-order valence-corrected chi connectivity index (χ3v) is 3.52. The second-order valence-corrected chi connectivity index (χ2v) is 4.79. The quantitative estimate of drug-likeness (QED) is 0.592. The van der Waals surface area contributed by atoms with Crippen LogP contribution in [0.3, 0.4) is 0 Å². The number of aromatic nitrogens is 5. The molecule has 0 saturated carbocycles. The molecule has 1 aromatic carbocycles. The highest BCUT2D eigenvalue weighted by molar-refractivity contribution is 5.98. The van der Waals surface area contributed by atoms with Crippen LogP contribution in [0.1, 0.15) is 0 Å². The summed E-state index contributed by atoms with van der Waals surface area (Å²) in [5.41, 5.74) is 3.83.